The maximum Gasteiger partial charge on any atom is 0.305 e. The SMILES string of the molecule is CCCCCCCCCCCCCCCCCC(=O)OCC(O)COC(=O)CCCCCCCCCCCCCCC.CCCCCCCCCCCCCCCCCC(=O)OCC(O)COC(=O)CCCCCCCCCCCCCCC. The van der Waals surface area contributed by atoms with Crippen molar-refractivity contribution >= 4 is 23.9 Å². The van der Waals surface area contributed by atoms with Gasteiger partial charge in [0.25, 0.3) is 0 Å². The molecule has 0 radical (unpaired) electrons. The minimum atomic E-state index is -0.953. The van der Waals surface area contributed by atoms with E-state index in [1.807, 2.05) is 0 Å². The van der Waals surface area contributed by atoms with E-state index in [0.717, 1.165) is 51.4 Å². The number of rotatable bonds is 68. The quantitative estimate of drug-likeness (QED) is 0.0343. The Morgan fingerprint density at radius 3 is 0.429 bits per heavy atom. The number of hydrogen-bond acceptors (Lipinski definition) is 10. The van der Waals surface area contributed by atoms with E-state index in [2.05, 4.69) is 27.7 Å². The molecule has 0 spiro atoms. The minimum Gasteiger partial charge on any atom is -0.463 e. The summed E-state index contributed by atoms with van der Waals surface area (Å²) in [5.41, 5.74) is 0. The molecule has 0 aromatic rings. The van der Waals surface area contributed by atoms with Gasteiger partial charge in [0.05, 0.1) is 0 Å². The first kappa shape index (κ1) is 83.9. The summed E-state index contributed by atoms with van der Waals surface area (Å²) in [6.45, 7) is 8.63. The Morgan fingerprint density at radius 1 is 0.202 bits per heavy atom. The van der Waals surface area contributed by atoms with Crippen LogP contribution in [0.4, 0.5) is 0 Å². The fourth-order valence-electron chi connectivity index (χ4n) is 11.0. The zero-order valence-electron chi connectivity index (χ0n) is 56.6. The largest absolute Gasteiger partial charge is 0.463 e. The average molecular weight is 1190 g/mol. The molecular formula is C74H144O10. The molecule has 84 heavy (non-hydrogen) atoms. The predicted octanol–water partition coefficient (Wildman–Crippen LogP) is 22.4. The smallest absolute Gasteiger partial charge is 0.305 e. The van der Waals surface area contributed by atoms with Crippen molar-refractivity contribution in [2.24, 2.45) is 0 Å². The summed E-state index contributed by atoms with van der Waals surface area (Å²) >= 11 is 0. The van der Waals surface area contributed by atoms with E-state index in [4.69, 9.17) is 18.9 Å². The molecule has 0 aliphatic heterocycles. The molecule has 500 valence electrons. The number of unbranched alkanes of at least 4 members (excludes halogenated alkanes) is 52. The maximum absolute atomic E-state index is 11.9. The Kier molecular flexibility index (Phi) is 73.2. The highest BCUT2D eigenvalue weighted by Crippen LogP contribution is 2.18. The molecule has 0 aromatic heterocycles. The van der Waals surface area contributed by atoms with Gasteiger partial charge in [-0.05, 0) is 25.7 Å². The van der Waals surface area contributed by atoms with Gasteiger partial charge >= 0.3 is 23.9 Å². The molecule has 2 atom stereocenters. The second kappa shape index (κ2) is 73.3. The Bertz CT molecular complexity index is 1230. The molecular weight excluding hydrogens is 1050 g/mol. The van der Waals surface area contributed by atoms with E-state index < -0.39 is 12.2 Å². The second-order valence-electron chi connectivity index (χ2n) is 25.4. The number of aliphatic hydroxyl groups is 2. The summed E-state index contributed by atoms with van der Waals surface area (Å²) in [6.07, 6.45) is 71.5. The molecule has 0 aliphatic rings. The van der Waals surface area contributed by atoms with Gasteiger partial charge in [-0.3, -0.25) is 19.2 Å². The van der Waals surface area contributed by atoms with Gasteiger partial charge in [-0.1, -0.05) is 362 Å². The van der Waals surface area contributed by atoms with Crippen LogP contribution >= 0.6 is 0 Å². The van der Waals surface area contributed by atoms with Crippen LogP contribution < -0.4 is 0 Å². The Balaban J connectivity index is 0. The van der Waals surface area contributed by atoms with Crippen molar-refractivity contribution < 1.29 is 48.3 Å². The summed E-state index contributed by atoms with van der Waals surface area (Å²) in [6, 6.07) is 0. The first-order valence-corrected chi connectivity index (χ1v) is 37.2. The van der Waals surface area contributed by atoms with Crippen molar-refractivity contribution in [3.8, 4) is 0 Å². The lowest BCUT2D eigenvalue weighted by molar-refractivity contribution is -0.154. The molecule has 0 amide bonds. The van der Waals surface area contributed by atoms with Gasteiger partial charge in [0.1, 0.15) is 38.6 Å². The van der Waals surface area contributed by atoms with Crippen molar-refractivity contribution in [3.05, 3.63) is 0 Å². The van der Waals surface area contributed by atoms with E-state index in [1.54, 1.807) is 0 Å². The van der Waals surface area contributed by atoms with Crippen LogP contribution in [0.3, 0.4) is 0 Å². The van der Waals surface area contributed by atoms with Gasteiger partial charge in [-0.15, -0.1) is 0 Å². The lowest BCUT2D eigenvalue weighted by Gasteiger charge is -2.12. The number of aliphatic hydroxyl groups excluding tert-OH is 2. The van der Waals surface area contributed by atoms with Crippen LogP contribution in [0, 0.1) is 0 Å². The molecule has 0 fully saturated rings. The molecule has 0 saturated heterocycles. The average Bonchev–Trinajstić information content (AvgIpc) is 3.49. The van der Waals surface area contributed by atoms with E-state index in [-0.39, 0.29) is 50.3 Å². The molecule has 0 rings (SSSR count). The summed E-state index contributed by atoms with van der Waals surface area (Å²) in [7, 11) is 0. The summed E-state index contributed by atoms with van der Waals surface area (Å²) in [4.78, 5) is 47.7. The Morgan fingerprint density at radius 2 is 0.310 bits per heavy atom. The van der Waals surface area contributed by atoms with Crippen LogP contribution in [0.1, 0.15) is 413 Å². The Hall–Kier alpha value is -2.20. The van der Waals surface area contributed by atoms with Crippen LogP contribution in [0.25, 0.3) is 0 Å². The van der Waals surface area contributed by atoms with Crippen molar-refractivity contribution in [3.63, 3.8) is 0 Å². The van der Waals surface area contributed by atoms with Crippen LogP contribution in [0.2, 0.25) is 0 Å². The fourth-order valence-corrected chi connectivity index (χ4v) is 11.0. The number of carbonyl (C=O) groups excluding carboxylic acids is 4. The topological polar surface area (TPSA) is 146 Å². The number of carbonyl (C=O) groups is 4. The van der Waals surface area contributed by atoms with Crippen LogP contribution in [-0.2, 0) is 38.1 Å². The van der Waals surface area contributed by atoms with Crippen molar-refractivity contribution in [2.75, 3.05) is 26.4 Å². The van der Waals surface area contributed by atoms with Gasteiger partial charge in [-0.25, -0.2) is 0 Å². The Labute approximate surface area is 521 Å². The third-order valence-corrected chi connectivity index (χ3v) is 16.7. The highest BCUT2D eigenvalue weighted by molar-refractivity contribution is 5.70. The monoisotopic (exact) mass is 1190 g/mol. The van der Waals surface area contributed by atoms with Gasteiger partial charge < -0.3 is 29.2 Å². The highest BCUT2D eigenvalue weighted by Gasteiger charge is 2.14. The van der Waals surface area contributed by atoms with Crippen molar-refractivity contribution in [2.45, 2.75) is 425 Å². The van der Waals surface area contributed by atoms with Crippen LogP contribution in [0.5, 0.6) is 0 Å². The van der Waals surface area contributed by atoms with E-state index in [1.165, 1.54) is 308 Å². The zero-order chi connectivity index (χ0) is 61.5. The molecule has 10 nitrogen and oxygen atoms in total. The molecule has 10 heteroatoms. The first-order chi connectivity index (χ1) is 41.2. The normalized spacial score (nSPS) is 12.0. The standard InChI is InChI=1S/2C37H72O5/c2*1-3-5-7-9-11-13-15-17-18-20-22-24-26-28-30-32-37(40)42-34-35(38)33-41-36(39)31-29-27-25-23-21-19-16-14-12-10-8-6-4-2/h2*35,38H,3-34H2,1-2H3. The molecule has 0 aromatic carbocycles. The third kappa shape index (κ3) is 74.1. The summed E-state index contributed by atoms with van der Waals surface area (Å²) in [5.74, 6) is -1.11. The van der Waals surface area contributed by atoms with Gasteiger partial charge in [-0.2, -0.15) is 0 Å². The van der Waals surface area contributed by atoms with Gasteiger partial charge in [0.2, 0.25) is 0 Å². The lowest BCUT2D eigenvalue weighted by atomic mass is 10.0. The van der Waals surface area contributed by atoms with Gasteiger partial charge in [0.15, 0.2) is 0 Å². The summed E-state index contributed by atoms with van der Waals surface area (Å²) in [5, 5.41) is 20.0. The predicted molar refractivity (Wildman–Crippen MR) is 356 cm³/mol. The third-order valence-electron chi connectivity index (χ3n) is 16.7. The van der Waals surface area contributed by atoms with Gasteiger partial charge in [0, 0.05) is 25.7 Å². The molecule has 0 aliphatic carbocycles. The lowest BCUT2D eigenvalue weighted by Crippen LogP contribution is -2.25. The van der Waals surface area contributed by atoms with Crippen molar-refractivity contribution in [1.29, 1.82) is 0 Å². The second-order valence-corrected chi connectivity index (χ2v) is 25.4. The molecule has 0 bridgehead atoms. The maximum atomic E-state index is 11.9. The first-order valence-electron chi connectivity index (χ1n) is 37.2. The minimum absolute atomic E-state index is 0.108. The number of esters is 4. The number of ether oxygens (including phenoxy) is 4. The molecule has 0 heterocycles. The molecule has 2 unspecified atom stereocenters. The van der Waals surface area contributed by atoms with E-state index in [9.17, 15) is 29.4 Å². The number of hydrogen-bond donors (Lipinski definition) is 2. The molecule has 2 N–H and O–H groups in total. The zero-order valence-corrected chi connectivity index (χ0v) is 56.6. The summed E-state index contributed by atoms with van der Waals surface area (Å²) < 4.78 is 20.6. The van der Waals surface area contributed by atoms with Crippen LogP contribution in [-0.4, -0.2) is 72.7 Å². The van der Waals surface area contributed by atoms with E-state index in [0.29, 0.717) is 25.7 Å². The van der Waals surface area contributed by atoms with Crippen LogP contribution in [0.15, 0.2) is 0 Å². The van der Waals surface area contributed by atoms with Crippen molar-refractivity contribution in [1.82, 2.24) is 0 Å². The highest BCUT2D eigenvalue weighted by atomic mass is 16.6. The van der Waals surface area contributed by atoms with E-state index >= 15 is 0 Å². The fraction of sp³-hybridized carbons (Fsp3) is 0.946. The molecule has 0 saturated carbocycles.